The number of ether oxygens (including phenoxy) is 1. The number of hydrogen-bond acceptors (Lipinski definition) is 10. The molecular weight excluding hydrogens is 715 g/mol. The second-order valence-electron chi connectivity index (χ2n) is 13.2. The number of carbonyl (C=O) groups excluding carboxylic acids is 3. The fourth-order valence-electron chi connectivity index (χ4n) is 6.63. The minimum absolute atomic E-state index is 0.0958. The van der Waals surface area contributed by atoms with Crippen LogP contribution in [0.15, 0.2) is 54.7 Å². The van der Waals surface area contributed by atoms with Crippen molar-refractivity contribution in [1.82, 2.24) is 48.5 Å². The first-order valence-electron chi connectivity index (χ1n) is 18.9. The molecule has 0 radical (unpaired) electrons. The molecule has 17 heteroatoms. The highest BCUT2D eigenvalue weighted by molar-refractivity contribution is 6.05. The molecule has 17 nitrogen and oxygen atoms in total. The first-order valence-corrected chi connectivity index (χ1v) is 18.9. The van der Waals surface area contributed by atoms with Crippen LogP contribution in [-0.4, -0.2) is 92.5 Å². The van der Waals surface area contributed by atoms with Crippen molar-refractivity contribution in [3.63, 3.8) is 0 Å². The molecule has 0 aliphatic heterocycles. The number of rotatable bonds is 18. The Morgan fingerprint density at radius 2 is 1.41 bits per heavy atom. The minimum atomic E-state index is -0.641. The highest BCUT2D eigenvalue weighted by Gasteiger charge is 2.24. The van der Waals surface area contributed by atoms with Gasteiger partial charge in [0.05, 0.1) is 23.5 Å². The van der Waals surface area contributed by atoms with Crippen LogP contribution in [0.5, 0.6) is 5.75 Å². The lowest BCUT2D eigenvalue weighted by molar-refractivity contribution is 0.0994. The van der Waals surface area contributed by atoms with Crippen LogP contribution in [-0.2, 0) is 26.2 Å². The van der Waals surface area contributed by atoms with Gasteiger partial charge in [-0.25, -0.2) is 24.3 Å². The van der Waals surface area contributed by atoms with E-state index in [-0.39, 0.29) is 30.3 Å². The third-order valence-electron chi connectivity index (χ3n) is 9.40. The van der Waals surface area contributed by atoms with E-state index in [1.165, 1.54) is 0 Å². The van der Waals surface area contributed by atoms with Crippen molar-refractivity contribution >= 4 is 51.6 Å². The van der Waals surface area contributed by atoms with Crippen LogP contribution in [0.25, 0.3) is 22.2 Å². The van der Waals surface area contributed by atoms with Crippen molar-refractivity contribution < 1.29 is 19.1 Å². The van der Waals surface area contributed by atoms with E-state index in [1.807, 2.05) is 45.9 Å². The fourth-order valence-corrected chi connectivity index (χ4v) is 6.63. The molecule has 294 valence electrons. The van der Waals surface area contributed by atoms with Crippen molar-refractivity contribution in [2.24, 2.45) is 5.73 Å². The van der Waals surface area contributed by atoms with E-state index in [9.17, 15) is 14.4 Å². The molecule has 1 aromatic carbocycles. The molecule has 6 rings (SSSR count). The zero-order valence-corrected chi connectivity index (χ0v) is 32.7. The number of imidazole rings is 2. The Kier molecular flexibility index (Phi) is 12.2. The van der Waals surface area contributed by atoms with Gasteiger partial charge in [0.25, 0.3) is 11.8 Å². The summed E-state index contributed by atoms with van der Waals surface area (Å²) in [7, 11) is 0. The number of nitrogens with two attached hydrogens (primary N) is 1. The largest absolute Gasteiger partial charge is 0.491 e. The molecule has 0 spiro atoms. The summed E-state index contributed by atoms with van der Waals surface area (Å²) in [5.41, 5.74) is 9.51. The molecule has 6 aromatic rings. The summed E-state index contributed by atoms with van der Waals surface area (Å²) in [4.78, 5) is 56.3. The Labute approximate surface area is 324 Å². The number of nitrogens with zero attached hydrogens (tertiary/aromatic N) is 10. The maximum absolute atomic E-state index is 14.0. The first-order chi connectivity index (χ1) is 27.0. The predicted molar refractivity (Wildman–Crippen MR) is 214 cm³/mol. The van der Waals surface area contributed by atoms with Crippen LogP contribution in [0, 0.1) is 13.8 Å². The van der Waals surface area contributed by atoms with Gasteiger partial charge in [-0.05, 0) is 71.5 Å². The van der Waals surface area contributed by atoms with Gasteiger partial charge in [-0.15, -0.1) is 0 Å². The molecule has 5 aromatic heterocycles. The summed E-state index contributed by atoms with van der Waals surface area (Å²) in [5.74, 6) is 0.241. The molecule has 0 aliphatic rings. The molecule has 3 amide bonds. The van der Waals surface area contributed by atoms with Crippen molar-refractivity contribution in [2.45, 2.75) is 74.1 Å². The summed E-state index contributed by atoms with van der Waals surface area (Å²) in [6, 6.07) is 10.3. The van der Waals surface area contributed by atoms with Gasteiger partial charge in [-0.2, -0.15) is 10.2 Å². The van der Waals surface area contributed by atoms with Gasteiger partial charge in [0.2, 0.25) is 17.6 Å². The number of carbonyl (C=O) groups is 3. The number of amides is 3. The van der Waals surface area contributed by atoms with E-state index < -0.39 is 17.7 Å². The molecule has 0 bridgehead atoms. The Bertz CT molecular complexity index is 2400. The number of allylic oxidation sites excluding steroid dienone is 2. The second kappa shape index (κ2) is 17.4. The van der Waals surface area contributed by atoms with Crippen LogP contribution in [0.2, 0.25) is 0 Å². The predicted octanol–water partition coefficient (Wildman–Crippen LogP) is 4.80. The van der Waals surface area contributed by atoms with E-state index in [4.69, 9.17) is 15.5 Å². The second-order valence-corrected chi connectivity index (χ2v) is 13.2. The molecule has 0 atom stereocenters. The smallest absolute Gasteiger partial charge is 0.292 e. The molecule has 0 fully saturated rings. The van der Waals surface area contributed by atoms with E-state index in [0.717, 1.165) is 37.4 Å². The van der Waals surface area contributed by atoms with Crippen LogP contribution >= 0.6 is 0 Å². The van der Waals surface area contributed by atoms with E-state index in [2.05, 4.69) is 49.5 Å². The molecule has 0 saturated heterocycles. The Balaban J connectivity index is 1.35. The quantitative estimate of drug-likeness (QED) is 0.0808. The summed E-state index contributed by atoms with van der Waals surface area (Å²) in [5, 5.41) is 14.8. The minimum Gasteiger partial charge on any atom is -0.491 e. The Hall–Kier alpha value is -6.36. The molecular formula is C39H49N13O4. The summed E-state index contributed by atoms with van der Waals surface area (Å²) in [6.45, 7) is 16.5. The molecule has 0 aliphatic carbocycles. The van der Waals surface area contributed by atoms with Crippen LogP contribution in [0.1, 0.15) is 77.1 Å². The average molecular weight is 764 g/mol. The number of fused-ring (bicyclic) bond motifs is 2. The molecule has 0 saturated carbocycles. The molecule has 0 unspecified atom stereocenters. The van der Waals surface area contributed by atoms with Gasteiger partial charge in [-0.3, -0.25) is 14.4 Å². The van der Waals surface area contributed by atoms with Gasteiger partial charge in [0.15, 0.2) is 5.65 Å². The van der Waals surface area contributed by atoms with Gasteiger partial charge in [0.1, 0.15) is 28.4 Å². The SMILES string of the molecule is CCN(CC)CCCOc1cc(C(N)=O)cc2nc(C(=O)Nc3cc(C)nn3CC)n(C/C=C/Cn3c(C(=O)Nc4cc(C)nn4CC)nc4cccnc43)c12. The van der Waals surface area contributed by atoms with E-state index in [0.29, 0.717) is 59.3 Å². The summed E-state index contributed by atoms with van der Waals surface area (Å²) < 4.78 is 13.2. The molecule has 56 heavy (non-hydrogen) atoms. The van der Waals surface area contributed by atoms with Crippen LogP contribution in [0.3, 0.4) is 0 Å². The van der Waals surface area contributed by atoms with Crippen molar-refractivity contribution in [3.8, 4) is 5.75 Å². The van der Waals surface area contributed by atoms with Crippen molar-refractivity contribution in [2.75, 3.05) is 36.9 Å². The number of pyridine rings is 1. The third-order valence-corrected chi connectivity index (χ3v) is 9.40. The highest BCUT2D eigenvalue weighted by Crippen LogP contribution is 2.30. The fraction of sp³-hybridized carbons (Fsp3) is 0.385. The highest BCUT2D eigenvalue weighted by atomic mass is 16.5. The number of nitrogens with one attached hydrogen (secondary N) is 2. The molecule has 5 heterocycles. The Morgan fingerprint density at radius 1 is 0.821 bits per heavy atom. The number of hydrogen-bond donors (Lipinski definition) is 3. The van der Waals surface area contributed by atoms with Crippen molar-refractivity contribution in [1.29, 1.82) is 0 Å². The van der Waals surface area contributed by atoms with Crippen LogP contribution < -0.4 is 21.1 Å². The first kappa shape index (κ1) is 39.3. The zero-order valence-electron chi connectivity index (χ0n) is 32.7. The monoisotopic (exact) mass is 763 g/mol. The van der Waals surface area contributed by atoms with Gasteiger partial charge >= 0.3 is 0 Å². The van der Waals surface area contributed by atoms with Gasteiger partial charge in [0, 0.05) is 56.6 Å². The topological polar surface area (TPSA) is 198 Å². The van der Waals surface area contributed by atoms with Gasteiger partial charge in [-0.1, -0.05) is 26.0 Å². The lowest BCUT2D eigenvalue weighted by Crippen LogP contribution is -2.25. The third kappa shape index (κ3) is 8.47. The number of benzene rings is 1. The maximum atomic E-state index is 14.0. The molecule has 4 N–H and O–H groups in total. The Morgan fingerprint density at radius 3 is 2.00 bits per heavy atom. The van der Waals surface area contributed by atoms with Gasteiger partial charge < -0.3 is 35.1 Å². The number of anilines is 2. The lowest BCUT2D eigenvalue weighted by atomic mass is 10.1. The summed E-state index contributed by atoms with van der Waals surface area (Å²) >= 11 is 0. The normalized spacial score (nSPS) is 11.7. The standard InChI is InChI=1S/C39H49N13O4/c1-7-48(8-2)17-14-20-56-30-24-27(34(40)53)23-29-33(30)49(36(43-29)38(54)44-31-21-25(5)46-51(31)9-3)18-11-12-19-50-35-28(15-13-16-41-35)42-37(50)39(55)45-32-22-26(6)47-52(32)10-4/h11-13,15-16,21-24H,7-10,14,17-20H2,1-6H3,(H2,40,53)(H,44,54)(H,45,55)/b12-11+. The number of primary amides is 1. The van der Waals surface area contributed by atoms with Crippen molar-refractivity contribution in [3.05, 3.63) is 83.3 Å². The lowest BCUT2D eigenvalue weighted by Gasteiger charge is -2.18. The van der Waals surface area contributed by atoms with E-state index >= 15 is 0 Å². The van der Waals surface area contributed by atoms with E-state index in [1.54, 1.807) is 55.0 Å². The summed E-state index contributed by atoms with van der Waals surface area (Å²) in [6.07, 6.45) is 6.14. The average Bonchev–Trinajstić information content (AvgIpc) is 3.95. The zero-order chi connectivity index (χ0) is 39.9. The number of aryl methyl sites for hydroxylation is 4. The maximum Gasteiger partial charge on any atom is 0.292 e. The number of aromatic nitrogens is 9. The van der Waals surface area contributed by atoms with Crippen LogP contribution in [0.4, 0.5) is 11.6 Å².